The smallest absolute Gasteiger partial charge is 0.0548 e. The largest absolute Gasteiger partial charge is 0.0758 e. The molecule has 0 aliphatic heterocycles. The molecule has 0 heterocycles. The van der Waals surface area contributed by atoms with Crippen molar-refractivity contribution in [3.05, 3.63) is 130 Å². The Morgan fingerprint density at radius 3 is 1.43 bits per heavy atom. The van der Waals surface area contributed by atoms with Gasteiger partial charge in [0, 0.05) is 5.92 Å². The molecule has 1 aliphatic rings. The lowest BCUT2D eigenvalue weighted by Gasteiger charge is -2.40. The van der Waals surface area contributed by atoms with E-state index in [4.69, 9.17) is 0 Å². The van der Waals surface area contributed by atoms with Crippen molar-refractivity contribution in [1.29, 1.82) is 0 Å². The van der Waals surface area contributed by atoms with Gasteiger partial charge < -0.3 is 0 Å². The minimum absolute atomic E-state index is 0.264. The summed E-state index contributed by atoms with van der Waals surface area (Å²) in [7, 11) is 0. The number of aryl methyl sites for hydroxylation is 3. The van der Waals surface area contributed by atoms with Crippen molar-refractivity contribution in [3.8, 4) is 0 Å². The summed E-state index contributed by atoms with van der Waals surface area (Å²) in [5, 5.41) is 0. The summed E-state index contributed by atoms with van der Waals surface area (Å²) in [4.78, 5) is 0. The first-order valence-electron chi connectivity index (χ1n) is 11.0. The molecule has 0 aromatic heterocycles. The van der Waals surface area contributed by atoms with Gasteiger partial charge in [0.15, 0.2) is 0 Å². The number of hydrogen-bond donors (Lipinski definition) is 0. The van der Waals surface area contributed by atoms with Crippen LogP contribution in [0.5, 0.6) is 0 Å². The first kappa shape index (κ1) is 20.4. The number of benzene rings is 3. The highest BCUT2D eigenvalue weighted by molar-refractivity contribution is 5.57. The lowest BCUT2D eigenvalue weighted by molar-refractivity contribution is 0.525. The zero-order valence-corrected chi connectivity index (χ0v) is 18.8. The van der Waals surface area contributed by atoms with Crippen LogP contribution in [-0.4, -0.2) is 0 Å². The third-order valence-electron chi connectivity index (χ3n) is 6.45. The topological polar surface area (TPSA) is 0 Å². The van der Waals surface area contributed by atoms with Gasteiger partial charge in [0.25, 0.3) is 0 Å². The molecule has 152 valence electrons. The van der Waals surface area contributed by atoms with Crippen LogP contribution in [0.2, 0.25) is 0 Å². The fourth-order valence-corrected chi connectivity index (χ4v) is 4.94. The van der Waals surface area contributed by atoms with Crippen LogP contribution in [0.4, 0.5) is 0 Å². The quantitative estimate of drug-likeness (QED) is 0.390. The minimum Gasteiger partial charge on any atom is -0.0758 e. The summed E-state index contributed by atoms with van der Waals surface area (Å²) in [5.74, 6) is 0.789. The van der Waals surface area contributed by atoms with E-state index in [2.05, 4.69) is 126 Å². The monoisotopic (exact) mass is 392 g/mol. The second-order valence-corrected chi connectivity index (χ2v) is 9.12. The molecule has 0 saturated carbocycles. The maximum Gasteiger partial charge on any atom is 0.0548 e. The number of hydrogen-bond acceptors (Lipinski definition) is 0. The molecule has 0 heteroatoms. The summed E-state index contributed by atoms with van der Waals surface area (Å²) in [5.41, 5.74) is 9.12. The van der Waals surface area contributed by atoms with Crippen molar-refractivity contribution in [2.45, 2.75) is 40.0 Å². The van der Waals surface area contributed by atoms with Gasteiger partial charge >= 0.3 is 0 Å². The molecule has 30 heavy (non-hydrogen) atoms. The Balaban J connectivity index is 2.10. The van der Waals surface area contributed by atoms with Gasteiger partial charge in [-0.3, -0.25) is 0 Å². The normalized spacial score (nSPS) is 16.2. The van der Waals surface area contributed by atoms with Crippen LogP contribution in [0.1, 0.15) is 47.2 Å². The van der Waals surface area contributed by atoms with E-state index in [0.29, 0.717) is 5.92 Å². The van der Waals surface area contributed by atoms with Crippen LogP contribution in [0.15, 0.2) is 96.6 Å². The first-order chi connectivity index (χ1) is 14.4. The number of allylic oxidation sites excluding steroid dienone is 4. The molecule has 1 atom stereocenters. The highest BCUT2D eigenvalue weighted by atomic mass is 14.4. The maximum atomic E-state index is 2.50. The molecule has 1 unspecified atom stereocenters. The summed E-state index contributed by atoms with van der Waals surface area (Å²) in [6, 6.07) is 27.3. The van der Waals surface area contributed by atoms with Crippen molar-refractivity contribution in [3.63, 3.8) is 0 Å². The van der Waals surface area contributed by atoms with Crippen molar-refractivity contribution < 1.29 is 0 Å². The zero-order valence-electron chi connectivity index (χ0n) is 18.8. The standard InChI is InChI=1S/C30H32/c1-21(2)25-15-16-29(20-25)30(26-12-6-9-22(3)17-26,27-13-7-10-23(4)18-27)28-14-8-11-24(5)19-28/h6-21,29H,1-5H3. The minimum atomic E-state index is -0.267. The molecular weight excluding hydrogens is 360 g/mol. The fourth-order valence-electron chi connectivity index (χ4n) is 4.94. The second kappa shape index (κ2) is 8.11. The Labute approximate surface area is 182 Å². The average Bonchev–Trinajstić information content (AvgIpc) is 3.20. The summed E-state index contributed by atoms with van der Waals surface area (Å²) < 4.78 is 0. The van der Waals surface area contributed by atoms with Crippen LogP contribution in [0.3, 0.4) is 0 Å². The van der Waals surface area contributed by atoms with E-state index in [1.54, 1.807) is 0 Å². The molecule has 0 saturated heterocycles. The van der Waals surface area contributed by atoms with E-state index in [1.807, 2.05) is 0 Å². The van der Waals surface area contributed by atoms with Crippen LogP contribution >= 0.6 is 0 Å². The molecule has 0 radical (unpaired) electrons. The Morgan fingerprint density at radius 1 is 0.667 bits per heavy atom. The third kappa shape index (κ3) is 3.56. The van der Waals surface area contributed by atoms with Crippen LogP contribution in [0.25, 0.3) is 0 Å². The second-order valence-electron chi connectivity index (χ2n) is 9.12. The van der Waals surface area contributed by atoms with Crippen LogP contribution in [0, 0.1) is 32.6 Å². The van der Waals surface area contributed by atoms with E-state index in [-0.39, 0.29) is 11.3 Å². The van der Waals surface area contributed by atoms with Crippen molar-refractivity contribution in [1.82, 2.24) is 0 Å². The van der Waals surface area contributed by atoms with E-state index < -0.39 is 0 Å². The van der Waals surface area contributed by atoms with E-state index in [9.17, 15) is 0 Å². The van der Waals surface area contributed by atoms with Crippen molar-refractivity contribution >= 4 is 0 Å². The lowest BCUT2D eigenvalue weighted by atomic mass is 9.61. The predicted octanol–water partition coefficient (Wildman–Crippen LogP) is 7.71. The highest BCUT2D eigenvalue weighted by Gasteiger charge is 2.43. The Kier molecular flexibility index (Phi) is 5.52. The van der Waals surface area contributed by atoms with Gasteiger partial charge in [-0.2, -0.15) is 0 Å². The van der Waals surface area contributed by atoms with E-state index in [0.717, 1.165) is 0 Å². The molecular formula is C30H32. The van der Waals surface area contributed by atoms with Gasteiger partial charge in [0.05, 0.1) is 5.41 Å². The molecule has 0 spiro atoms. The highest BCUT2D eigenvalue weighted by Crippen LogP contribution is 2.49. The Bertz CT molecular complexity index is 999. The summed E-state index contributed by atoms with van der Waals surface area (Å²) in [6.07, 6.45) is 7.26. The SMILES string of the molecule is Cc1cccc(C(c2cccc(C)c2)(c2cccc(C)c2)C2C=CC(C(C)C)=C2)c1. The molecule has 3 aromatic carbocycles. The average molecular weight is 393 g/mol. The molecule has 0 bridgehead atoms. The molecule has 1 aliphatic carbocycles. The van der Waals surface area contributed by atoms with Gasteiger partial charge in [-0.25, -0.2) is 0 Å². The van der Waals surface area contributed by atoms with Gasteiger partial charge in [-0.15, -0.1) is 0 Å². The molecule has 0 amide bonds. The molecule has 0 N–H and O–H groups in total. The first-order valence-corrected chi connectivity index (χ1v) is 11.0. The van der Waals surface area contributed by atoms with Crippen LogP contribution < -0.4 is 0 Å². The van der Waals surface area contributed by atoms with Crippen molar-refractivity contribution in [2.75, 3.05) is 0 Å². The Hall–Kier alpha value is -2.86. The zero-order chi connectivity index (χ0) is 21.3. The molecule has 4 rings (SSSR count). The van der Waals surface area contributed by atoms with Gasteiger partial charge in [0.1, 0.15) is 0 Å². The number of rotatable bonds is 5. The fraction of sp³-hybridized carbons (Fsp3) is 0.267. The van der Waals surface area contributed by atoms with Gasteiger partial charge in [-0.1, -0.05) is 122 Å². The van der Waals surface area contributed by atoms with Gasteiger partial charge in [0.2, 0.25) is 0 Å². The van der Waals surface area contributed by atoms with Crippen molar-refractivity contribution in [2.24, 2.45) is 11.8 Å². The Morgan fingerprint density at radius 2 is 1.10 bits per heavy atom. The van der Waals surface area contributed by atoms with E-state index >= 15 is 0 Å². The third-order valence-corrected chi connectivity index (χ3v) is 6.45. The molecule has 3 aromatic rings. The van der Waals surface area contributed by atoms with E-state index in [1.165, 1.54) is 39.0 Å². The summed E-state index contributed by atoms with van der Waals surface area (Å²) in [6.45, 7) is 11.2. The predicted molar refractivity (Wildman–Crippen MR) is 129 cm³/mol. The molecule has 0 nitrogen and oxygen atoms in total. The maximum absolute atomic E-state index is 2.50. The van der Waals surface area contributed by atoms with Gasteiger partial charge in [-0.05, 0) is 49.0 Å². The van der Waals surface area contributed by atoms with Crippen LogP contribution in [-0.2, 0) is 5.41 Å². The molecule has 0 fully saturated rings. The summed E-state index contributed by atoms with van der Waals surface area (Å²) >= 11 is 0. The lowest BCUT2D eigenvalue weighted by Crippen LogP contribution is -2.36.